The lowest BCUT2D eigenvalue weighted by Gasteiger charge is -2.14. The number of phenolic OH excluding ortho intramolecular Hbond substituents is 2. The number of nitrogens with zero attached hydrogens (tertiary/aromatic N) is 4. The molecule has 0 saturated heterocycles. The van der Waals surface area contributed by atoms with Crippen LogP contribution in [0.1, 0.15) is 65.0 Å². The number of pyridine rings is 1. The number of aromatic hydroxyl groups is 2. The van der Waals surface area contributed by atoms with Crippen LogP contribution in [0, 0.1) is 0 Å². The van der Waals surface area contributed by atoms with Crippen LogP contribution in [0.3, 0.4) is 0 Å². The summed E-state index contributed by atoms with van der Waals surface area (Å²) in [5.74, 6) is 1.24. The Morgan fingerprint density at radius 3 is 2.11 bits per heavy atom. The Kier molecular flexibility index (Phi) is 11.8. The van der Waals surface area contributed by atoms with Crippen molar-refractivity contribution in [3.8, 4) is 28.6 Å². The molecule has 0 fully saturated rings. The smallest absolute Gasteiger partial charge is 0.196 e. The molecule has 2 aromatic carbocycles. The van der Waals surface area contributed by atoms with Crippen molar-refractivity contribution >= 4 is 23.4 Å². The fraction of sp³-hybridized carbons (Fsp3) is 0.321. The molecule has 0 atom stereocenters. The van der Waals surface area contributed by atoms with Gasteiger partial charge in [-0.25, -0.2) is 0 Å². The number of thioether (sulfide) groups is 1. The lowest BCUT2D eigenvalue weighted by atomic mass is 9.98. The third-order valence-electron chi connectivity index (χ3n) is 4.84. The van der Waals surface area contributed by atoms with Gasteiger partial charge < -0.3 is 10.2 Å². The second kappa shape index (κ2) is 14.5. The van der Waals surface area contributed by atoms with Crippen LogP contribution < -0.4 is 0 Å². The summed E-state index contributed by atoms with van der Waals surface area (Å²) >= 11 is 7.62. The van der Waals surface area contributed by atoms with Gasteiger partial charge in [-0.05, 0) is 59.5 Å². The van der Waals surface area contributed by atoms with Crippen molar-refractivity contribution in [2.75, 3.05) is 0 Å². The maximum atomic E-state index is 10.6. The highest BCUT2D eigenvalue weighted by Gasteiger charge is 2.21. The Labute approximate surface area is 223 Å². The van der Waals surface area contributed by atoms with Gasteiger partial charge in [0.2, 0.25) is 0 Å². The molecule has 2 aromatic heterocycles. The molecule has 0 saturated carbocycles. The summed E-state index contributed by atoms with van der Waals surface area (Å²) in [5, 5.41) is 30.9. The fourth-order valence-electron chi connectivity index (χ4n) is 3.22. The Morgan fingerprint density at radius 2 is 1.53 bits per heavy atom. The first-order chi connectivity index (χ1) is 17.3. The van der Waals surface area contributed by atoms with Crippen molar-refractivity contribution in [3.05, 3.63) is 77.1 Å². The quantitative estimate of drug-likeness (QED) is 0.246. The van der Waals surface area contributed by atoms with Crippen molar-refractivity contribution in [3.63, 3.8) is 0 Å². The molecule has 0 aliphatic carbocycles. The minimum absolute atomic E-state index is 0.0566. The number of hydrogen-bond acceptors (Lipinski definition) is 6. The SMILES string of the molecule is CC.CC(C)c1cc(-c2nnc(SCc3ccncc3)n2-c2ccc(Cl)cc2)c(O)cc1O.CCC. The summed E-state index contributed by atoms with van der Waals surface area (Å²) in [7, 11) is 0. The number of benzene rings is 2. The van der Waals surface area contributed by atoms with E-state index < -0.39 is 0 Å². The van der Waals surface area contributed by atoms with E-state index in [0.717, 1.165) is 16.8 Å². The lowest BCUT2D eigenvalue weighted by Crippen LogP contribution is -2.01. The van der Waals surface area contributed by atoms with Crippen molar-refractivity contribution in [1.29, 1.82) is 0 Å². The lowest BCUT2D eigenvalue weighted by molar-refractivity contribution is 0.444. The Bertz CT molecular complexity index is 1210. The zero-order chi connectivity index (χ0) is 26.7. The first kappa shape index (κ1) is 29.2. The summed E-state index contributed by atoms with van der Waals surface area (Å²) in [6.45, 7) is 12.2. The highest BCUT2D eigenvalue weighted by atomic mass is 35.5. The maximum absolute atomic E-state index is 10.6. The second-order valence-electron chi connectivity index (χ2n) is 8.05. The van der Waals surface area contributed by atoms with Crippen LogP contribution in [0.25, 0.3) is 17.1 Å². The zero-order valence-corrected chi connectivity index (χ0v) is 23.3. The Balaban J connectivity index is 0.000000850. The third kappa shape index (κ3) is 7.48. The van der Waals surface area contributed by atoms with E-state index in [9.17, 15) is 10.2 Å². The summed E-state index contributed by atoms with van der Waals surface area (Å²) in [6, 6.07) is 14.4. The van der Waals surface area contributed by atoms with Gasteiger partial charge in [-0.2, -0.15) is 0 Å². The van der Waals surface area contributed by atoms with Crippen molar-refractivity contribution in [1.82, 2.24) is 19.7 Å². The molecule has 0 unspecified atom stereocenters. The first-order valence-electron chi connectivity index (χ1n) is 12.1. The number of halogens is 1. The van der Waals surface area contributed by atoms with E-state index in [0.29, 0.717) is 27.3 Å². The van der Waals surface area contributed by atoms with Crippen LogP contribution in [-0.2, 0) is 5.75 Å². The molecule has 192 valence electrons. The minimum Gasteiger partial charge on any atom is -0.508 e. The molecule has 6 nitrogen and oxygen atoms in total. The number of rotatable bonds is 6. The number of phenols is 2. The van der Waals surface area contributed by atoms with Crippen molar-refractivity contribution < 1.29 is 10.2 Å². The summed E-state index contributed by atoms with van der Waals surface area (Å²) in [4.78, 5) is 4.05. The topological polar surface area (TPSA) is 84.1 Å². The fourth-order valence-corrected chi connectivity index (χ4v) is 4.26. The van der Waals surface area contributed by atoms with Crippen LogP contribution in [0.2, 0.25) is 5.02 Å². The Hall–Kier alpha value is -3.03. The van der Waals surface area contributed by atoms with E-state index in [1.54, 1.807) is 30.6 Å². The normalized spacial score (nSPS) is 10.3. The first-order valence-corrected chi connectivity index (χ1v) is 13.5. The highest BCUT2D eigenvalue weighted by molar-refractivity contribution is 7.98. The van der Waals surface area contributed by atoms with Crippen LogP contribution >= 0.6 is 23.4 Å². The average Bonchev–Trinajstić information content (AvgIpc) is 3.29. The molecule has 0 amide bonds. The van der Waals surface area contributed by atoms with Gasteiger partial charge in [0.05, 0.1) is 5.56 Å². The predicted molar refractivity (Wildman–Crippen MR) is 150 cm³/mol. The molecule has 4 aromatic rings. The molecule has 8 heteroatoms. The monoisotopic (exact) mass is 526 g/mol. The largest absolute Gasteiger partial charge is 0.508 e. The summed E-state index contributed by atoms with van der Waals surface area (Å²) in [5.41, 5.74) is 3.16. The Morgan fingerprint density at radius 1 is 0.917 bits per heavy atom. The van der Waals surface area contributed by atoms with Crippen LogP contribution in [0.4, 0.5) is 0 Å². The van der Waals surface area contributed by atoms with Crippen LogP contribution in [0.5, 0.6) is 11.5 Å². The molecule has 4 rings (SSSR count). The van der Waals surface area contributed by atoms with E-state index in [-0.39, 0.29) is 17.4 Å². The molecule has 2 N–H and O–H groups in total. The van der Waals surface area contributed by atoms with Gasteiger partial charge >= 0.3 is 0 Å². The van der Waals surface area contributed by atoms with Crippen LogP contribution in [-0.4, -0.2) is 30.0 Å². The zero-order valence-electron chi connectivity index (χ0n) is 21.7. The van der Waals surface area contributed by atoms with Gasteiger partial charge in [-0.15, -0.1) is 10.2 Å². The molecule has 2 heterocycles. The molecular weight excluding hydrogens is 492 g/mol. The number of hydrogen-bond donors (Lipinski definition) is 2. The number of aromatic nitrogens is 4. The predicted octanol–water partition coefficient (Wildman–Crippen LogP) is 8.25. The molecule has 0 bridgehead atoms. The van der Waals surface area contributed by atoms with Crippen molar-refractivity contribution in [2.24, 2.45) is 0 Å². The van der Waals surface area contributed by atoms with E-state index in [4.69, 9.17) is 11.6 Å². The van der Waals surface area contributed by atoms with Gasteiger partial charge in [0, 0.05) is 34.9 Å². The summed E-state index contributed by atoms with van der Waals surface area (Å²) < 4.78 is 1.89. The third-order valence-corrected chi connectivity index (χ3v) is 6.10. The van der Waals surface area contributed by atoms with Gasteiger partial charge in [-0.1, -0.05) is 71.3 Å². The molecular formula is C28H35ClN4O2S. The molecule has 0 aliphatic heterocycles. The average molecular weight is 527 g/mol. The minimum atomic E-state index is -0.0600. The van der Waals surface area contributed by atoms with Gasteiger partial charge in [0.1, 0.15) is 11.5 Å². The van der Waals surface area contributed by atoms with Gasteiger partial charge in [-0.3, -0.25) is 9.55 Å². The molecule has 0 spiro atoms. The van der Waals surface area contributed by atoms with E-state index >= 15 is 0 Å². The standard InChI is InChI=1S/C23H21ClN4O2S.C3H8.C2H6/c1-14(2)18-11-19(21(30)12-20(18)29)22-26-27-23(31-13-15-7-9-25-10-8-15)28(22)17-5-3-16(24)4-6-17;1-3-2;1-2/h3-12,14,29-30H,13H2,1-2H3;3H2,1-2H3;1-2H3. The van der Waals surface area contributed by atoms with E-state index in [2.05, 4.69) is 29.0 Å². The molecule has 36 heavy (non-hydrogen) atoms. The summed E-state index contributed by atoms with van der Waals surface area (Å²) in [6.07, 6.45) is 4.76. The van der Waals surface area contributed by atoms with E-state index in [1.165, 1.54) is 24.2 Å². The highest BCUT2D eigenvalue weighted by Crippen LogP contribution is 2.39. The van der Waals surface area contributed by atoms with E-state index in [1.807, 2.05) is 56.5 Å². The van der Waals surface area contributed by atoms with Crippen LogP contribution in [0.15, 0.2) is 66.1 Å². The molecule has 0 radical (unpaired) electrons. The van der Waals surface area contributed by atoms with Gasteiger partial charge in [0.15, 0.2) is 11.0 Å². The second-order valence-corrected chi connectivity index (χ2v) is 9.43. The maximum Gasteiger partial charge on any atom is 0.196 e. The molecule has 0 aliphatic rings. The van der Waals surface area contributed by atoms with Crippen molar-refractivity contribution in [2.45, 2.75) is 64.8 Å². The van der Waals surface area contributed by atoms with Gasteiger partial charge in [0.25, 0.3) is 0 Å².